The van der Waals surface area contributed by atoms with E-state index in [-0.39, 0.29) is 11.9 Å². The standard InChI is InChI=1S/C19H17ClN2O3/c1-12-17(18(21-25-12)13-6-2-3-7-14(13)20)19(23)22-10-4-8-15(22)16-9-5-11-24-16/h2-3,5-7,9,11,15H,4,8,10H2,1H3/t15-/m0/s1. The van der Waals surface area contributed by atoms with Crippen LogP contribution in [0.4, 0.5) is 0 Å². The van der Waals surface area contributed by atoms with Gasteiger partial charge in [-0.15, -0.1) is 0 Å². The van der Waals surface area contributed by atoms with E-state index in [2.05, 4.69) is 5.16 Å². The minimum atomic E-state index is -0.104. The molecule has 0 spiro atoms. The SMILES string of the molecule is Cc1onc(-c2ccccc2Cl)c1C(=O)N1CCC[C@H]1c1ccco1. The second-order valence-corrected chi connectivity index (χ2v) is 6.52. The van der Waals surface area contributed by atoms with Crippen LogP contribution in [-0.2, 0) is 0 Å². The first-order valence-electron chi connectivity index (χ1n) is 8.22. The lowest BCUT2D eigenvalue weighted by Crippen LogP contribution is -2.31. The Hall–Kier alpha value is -2.53. The fourth-order valence-electron chi connectivity index (χ4n) is 3.39. The minimum Gasteiger partial charge on any atom is -0.467 e. The number of halogens is 1. The first-order chi connectivity index (χ1) is 12.2. The molecule has 3 heterocycles. The van der Waals surface area contributed by atoms with Crippen LogP contribution >= 0.6 is 11.6 Å². The Morgan fingerprint density at radius 2 is 2.12 bits per heavy atom. The van der Waals surface area contributed by atoms with E-state index in [1.54, 1.807) is 19.3 Å². The molecule has 0 saturated carbocycles. The first-order valence-corrected chi connectivity index (χ1v) is 8.60. The van der Waals surface area contributed by atoms with Crippen LogP contribution in [0.2, 0.25) is 5.02 Å². The van der Waals surface area contributed by atoms with Crippen LogP contribution in [0, 0.1) is 6.92 Å². The number of furan rings is 1. The van der Waals surface area contributed by atoms with Crippen molar-refractivity contribution in [1.29, 1.82) is 0 Å². The number of amides is 1. The number of benzene rings is 1. The molecule has 2 aromatic heterocycles. The van der Waals surface area contributed by atoms with Crippen molar-refractivity contribution < 1.29 is 13.7 Å². The summed E-state index contributed by atoms with van der Waals surface area (Å²) in [5.74, 6) is 1.19. The predicted octanol–water partition coefficient (Wildman–Crippen LogP) is 4.87. The highest BCUT2D eigenvalue weighted by atomic mass is 35.5. The van der Waals surface area contributed by atoms with Gasteiger partial charge in [0, 0.05) is 12.1 Å². The summed E-state index contributed by atoms with van der Waals surface area (Å²) < 4.78 is 10.9. The minimum absolute atomic E-state index is 0.0594. The third-order valence-electron chi connectivity index (χ3n) is 4.59. The molecule has 1 fully saturated rings. The topological polar surface area (TPSA) is 59.5 Å². The predicted molar refractivity (Wildman–Crippen MR) is 93.4 cm³/mol. The molecule has 1 aromatic carbocycles. The summed E-state index contributed by atoms with van der Waals surface area (Å²) in [7, 11) is 0. The van der Waals surface area contributed by atoms with E-state index >= 15 is 0 Å². The largest absolute Gasteiger partial charge is 0.467 e. The van der Waals surface area contributed by atoms with Crippen molar-refractivity contribution in [2.24, 2.45) is 0 Å². The van der Waals surface area contributed by atoms with Gasteiger partial charge >= 0.3 is 0 Å². The highest BCUT2D eigenvalue weighted by Gasteiger charge is 2.35. The number of nitrogens with zero attached hydrogens (tertiary/aromatic N) is 2. The van der Waals surface area contributed by atoms with Crippen molar-refractivity contribution in [3.8, 4) is 11.3 Å². The molecular weight excluding hydrogens is 340 g/mol. The Balaban J connectivity index is 1.74. The van der Waals surface area contributed by atoms with E-state index in [9.17, 15) is 4.79 Å². The average Bonchev–Trinajstić information content (AvgIpc) is 3.35. The van der Waals surface area contributed by atoms with Crippen molar-refractivity contribution in [2.45, 2.75) is 25.8 Å². The van der Waals surface area contributed by atoms with Gasteiger partial charge in [0.15, 0.2) is 0 Å². The van der Waals surface area contributed by atoms with E-state index in [4.69, 9.17) is 20.5 Å². The van der Waals surface area contributed by atoms with E-state index in [1.165, 1.54) is 0 Å². The van der Waals surface area contributed by atoms with E-state index in [1.807, 2.05) is 35.2 Å². The van der Waals surface area contributed by atoms with Gasteiger partial charge in [-0.25, -0.2) is 0 Å². The lowest BCUT2D eigenvalue weighted by atomic mass is 10.0. The second-order valence-electron chi connectivity index (χ2n) is 6.11. The van der Waals surface area contributed by atoms with Gasteiger partial charge in [0.25, 0.3) is 5.91 Å². The van der Waals surface area contributed by atoms with Crippen LogP contribution in [0.15, 0.2) is 51.6 Å². The van der Waals surface area contributed by atoms with Crippen molar-refractivity contribution in [2.75, 3.05) is 6.54 Å². The molecule has 1 saturated heterocycles. The van der Waals surface area contributed by atoms with Crippen molar-refractivity contribution in [1.82, 2.24) is 10.1 Å². The molecular formula is C19H17ClN2O3. The molecule has 128 valence electrons. The summed E-state index contributed by atoms with van der Waals surface area (Å²) in [6.45, 7) is 2.43. The maximum absolute atomic E-state index is 13.3. The van der Waals surface area contributed by atoms with E-state index < -0.39 is 0 Å². The van der Waals surface area contributed by atoms with Crippen LogP contribution < -0.4 is 0 Å². The highest BCUT2D eigenvalue weighted by molar-refractivity contribution is 6.33. The van der Waals surface area contributed by atoms with Gasteiger partial charge in [0.1, 0.15) is 22.8 Å². The van der Waals surface area contributed by atoms with Crippen LogP contribution in [-0.4, -0.2) is 22.5 Å². The number of hydrogen-bond acceptors (Lipinski definition) is 4. The normalized spacial score (nSPS) is 17.2. The zero-order valence-electron chi connectivity index (χ0n) is 13.7. The van der Waals surface area contributed by atoms with E-state index in [0.29, 0.717) is 34.1 Å². The van der Waals surface area contributed by atoms with Crippen LogP contribution in [0.25, 0.3) is 11.3 Å². The smallest absolute Gasteiger partial charge is 0.260 e. The molecule has 1 amide bonds. The first kappa shape index (κ1) is 16.0. The third-order valence-corrected chi connectivity index (χ3v) is 4.92. The van der Waals surface area contributed by atoms with Gasteiger partial charge in [-0.05, 0) is 38.0 Å². The zero-order valence-corrected chi connectivity index (χ0v) is 14.5. The number of aryl methyl sites for hydroxylation is 1. The van der Waals surface area contributed by atoms with Gasteiger partial charge in [0.2, 0.25) is 0 Å². The van der Waals surface area contributed by atoms with Gasteiger partial charge in [-0.1, -0.05) is 35.0 Å². The number of carbonyl (C=O) groups is 1. The quantitative estimate of drug-likeness (QED) is 0.671. The molecule has 0 N–H and O–H groups in total. The van der Waals surface area contributed by atoms with Gasteiger partial charge in [-0.3, -0.25) is 4.79 Å². The zero-order chi connectivity index (χ0) is 17.4. The number of aromatic nitrogens is 1. The summed E-state index contributed by atoms with van der Waals surface area (Å²) in [5.41, 5.74) is 1.64. The highest BCUT2D eigenvalue weighted by Crippen LogP contribution is 2.37. The number of hydrogen-bond donors (Lipinski definition) is 0. The summed E-state index contributed by atoms with van der Waals surface area (Å²) in [6.07, 6.45) is 3.45. The van der Waals surface area contributed by atoms with Gasteiger partial charge in [-0.2, -0.15) is 0 Å². The summed E-state index contributed by atoms with van der Waals surface area (Å²) in [5, 5.41) is 4.63. The second kappa shape index (κ2) is 6.41. The Morgan fingerprint density at radius 3 is 2.88 bits per heavy atom. The molecule has 1 aliphatic heterocycles. The van der Waals surface area contributed by atoms with Gasteiger partial charge < -0.3 is 13.8 Å². The van der Waals surface area contributed by atoms with Gasteiger partial charge in [0.05, 0.1) is 17.3 Å². The lowest BCUT2D eigenvalue weighted by Gasteiger charge is -2.23. The number of carbonyl (C=O) groups excluding carboxylic acids is 1. The molecule has 5 nitrogen and oxygen atoms in total. The van der Waals surface area contributed by atoms with Crippen molar-refractivity contribution in [3.05, 3.63) is 64.8 Å². The Labute approximate surface area is 150 Å². The molecule has 6 heteroatoms. The molecule has 4 rings (SSSR count). The summed E-state index contributed by atoms with van der Waals surface area (Å²) >= 11 is 6.29. The van der Waals surface area contributed by atoms with Crippen LogP contribution in [0.3, 0.4) is 0 Å². The molecule has 0 unspecified atom stereocenters. The molecule has 0 aliphatic carbocycles. The Bertz CT molecular complexity index is 901. The fraction of sp³-hybridized carbons (Fsp3) is 0.263. The Morgan fingerprint density at radius 1 is 1.28 bits per heavy atom. The molecule has 0 bridgehead atoms. The summed E-state index contributed by atoms with van der Waals surface area (Å²) in [6, 6.07) is 11.0. The molecule has 1 aliphatic rings. The molecule has 1 atom stereocenters. The number of rotatable bonds is 3. The molecule has 0 radical (unpaired) electrons. The fourth-order valence-corrected chi connectivity index (χ4v) is 3.62. The lowest BCUT2D eigenvalue weighted by molar-refractivity contribution is 0.0719. The maximum Gasteiger partial charge on any atom is 0.260 e. The third kappa shape index (κ3) is 2.74. The van der Waals surface area contributed by atoms with Crippen LogP contribution in [0.5, 0.6) is 0 Å². The Kier molecular flexibility index (Phi) is 4.09. The van der Waals surface area contributed by atoms with Crippen molar-refractivity contribution >= 4 is 17.5 Å². The maximum atomic E-state index is 13.3. The molecule has 3 aromatic rings. The summed E-state index contributed by atoms with van der Waals surface area (Å²) in [4.78, 5) is 15.1. The number of likely N-dealkylation sites (tertiary alicyclic amines) is 1. The average molecular weight is 357 g/mol. The molecule has 25 heavy (non-hydrogen) atoms. The van der Waals surface area contributed by atoms with Crippen molar-refractivity contribution in [3.63, 3.8) is 0 Å². The van der Waals surface area contributed by atoms with E-state index in [0.717, 1.165) is 18.6 Å². The monoisotopic (exact) mass is 356 g/mol. The van der Waals surface area contributed by atoms with Crippen LogP contribution in [0.1, 0.15) is 40.8 Å².